The summed E-state index contributed by atoms with van der Waals surface area (Å²) in [5.74, 6) is 0.275. The number of aliphatic hydroxyl groups is 3. The molecule has 0 aromatic heterocycles. The molecule has 4 N–H and O–H groups in total. The van der Waals surface area contributed by atoms with E-state index >= 15 is 0 Å². The fourth-order valence-corrected chi connectivity index (χ4v) is 3.24. The highest BCUT2D eigenvalue weighted by Gasteiger charge is 2.45. The second kappa shape index (κ2) is 12.1. The summed E-state index contributed by atoms with van der Waals surface area (Å²) in [7, 11) is 1.52. The lowest BCUT2D eigenvalue weighted by atomic mass is 9.96. The largest absolute Gasteiger partial charge is 0.497 e. The van der Waals surface area contributed by atoms with Crippen LogP contribution in [0.25, 0.3) is 0 Å². The molecule has 0 aliphatic carbocycles. The van der Waals surface area contributed by atoms with Crippen molar-refractivity contribution in [2.75, 3.05) is 20.3 Å². The van der Waals surface area contributed by atoms with Gasteiger partial charge in [0.15, 0.2) is 6.29 Å². The molecular weight excluding hydrogens is 406 g/mol. The second-order valence-corrected chi connectivity index (χ2v) is 7.88. The lowest BCUT2D eigenvalue weighted by Crippen LogP contribution is -2.64. The molecule has 31 heavy (non-hydrogen) atoms. The van der Waals surface area contributed by atoms with Gasteiger partial charge >= 0.3 is 0 Å². The summed E-state index contributed by atoms with van der Waals surface area (Å²) in [4.78, 5) is 24.3. The van der Waals surface area contributed by atoms with E-state index in [0.29, 0.717) is 30.6 Å². The van der Waals surface area contributed by atoms with Gasteiger partial charge in [-0.05, 0) is 37.1 Å². The van der Waals surface area contributed by atoms with Crippen LogP contribution in [0, 0.1) is 5.92 Å². The number of hydrogen-bond acceptors (Lipinski definition) is 8. The number of nitrogens with one attached hydrogen (secondary N) is 1. The van der Waals surface area contributed by atoms with Crippen LogP contribution in [0.3, 0.4) is 0 Å². The average molecular weight is 440 g/mol. The molecule has 0 spiro atoms. The van der Waals surface area contributed by atoms with E-state index in [4.69, 9.17) is 14.2 Å². The fourth-order valence-electron chi connectivity index (χ4n) is 3.24. The van der Waals surface area contributed by atoms with Crippen LogP contribution in [0.2, 0.25) is 0 Å². The Hall–Kier alpha value is -2.04. The van der Waals surface area contributed by atoms with Gasteiger partial charge in [0.1, 0.15) is 35.9 Å². The lowest BCUT2D eigenvalue weighted by Gasteiger charge is -2.42. The summed E-state index contributed by atoms with van der Waals surface area (Å²) in [6.45, 7) is 3.42. The standard InChI is InChI=1S/C22H33NO8/c1-13(2)16(25)6-4-5-11-30-22-18(20(27)19(26)17(12-24)31-22)23-21(28)14-7-9-15(29-3)10-8-14/h7-10,13,17-20,22,24,26-27H,4-6,11-12H2,1-3H3,(H,23,28)/t17?,18?,19-,20-,22-/m1/s1. The zero-order valence-electron chi connectivity index (χ0n) is 18.2. The maximum atomic E-state index is 12.6. The third-order valence-electron chi connectivity index (χ3n) is 5.27. The summed E-state index contributed by atoms with van der Waals surface area (Å²) in [5, 5.41) is 32.8. The van der Waals surface area contributed by atoms with Gasteiger partial charge in [0.25, 0.3) is 5.91 Å². The molecular formula is C22H33NO8. The number of carbonyl (C=O) groups excluding carboxylic acids is 2. The summed E-state index contributed by atoms with van der Waals surface area (Å²) in [6.07, 6.45) is -3.24. The molecule has 9 nitrogen and oxygen atoms in total. The molecule has 0 saturated carbocycles. The molecule has 0 bridgehead atoms. The summed E-state index contributed by atoms with van der Waals surface area (Å²) in [5.41, 5.74) is 0.331. The number of aliphatic hydroxyl groups excluding tert-OH is 3. The minimum Gasteiger partial charge on any atom is -0.497 e. The van der Waals surface area contributed by atoms with Crippen LogP contribution in [-0.4, -0.2) is 78.0 Å². The lowest BCUT2D eigenvalue weighted by molar-refractivity contribution is -0.269. The Kier molecular flexibility index (Phi) is 9.86. The minimum atomic E-state index is -1.40. The van der Waals surface area contributed by atoms with Gasteiger partial charge in [0.2, 0.25) is 0 Å². The monoisotopic (exact) mass is 439 g/mol. The average Bonchev–Trinajstić information content (AvgIpc) is 2.77. The molecule has 1 aromatic rings. The third-order valence-corrected chi connectivity index (χ3v) is 5.27. The van der Waals surface area contributed by atoms with Crippen LogP contribution < -0.4 is 10.1 Å². The zero-order chi connectivity index (χ0) is 23.0. The molecule has 1 aromatic carbocycles. The molecule has 174 valence electrons. The van der Waals surface area contributed by atoms with Crippen molar-refractivity contribution in [1.29, 1.82) is 0 Å². The first-order valence-electron chi connectivity index (χ1n) is 10.5. The van der Waals surface area contributed by atoms with E-state index in [-0.39, 0.29) is 18.3 Å². The van der Waals surface area contributed by atoms with Crippen LogP contribution in [0.15, 0.2) is 24.3 Å². The van der Waals surface area contributed by atoms with E-state index in [1.807, 2.05) is 13.8 Å². The second-order valence-electron chi connectivity index (χ2n) is 7.88. The third kappa shape index (κ3) is 6.98. The fraction of sp³-hybridized carbons (Fsp3) is 0.636. The molecule has 9 heteroatoms. The zero-order valence-corrected chi connectivity index (χ0v) is 18.2. The number of ketones is 1. The number of amides is 1. The Morgan fingerprint density at radius 2 is 1.81 bits per heavy atom. The maximum Gasteiger partial charge on any atom is 0.251 e. The van der Waals surface area contributed by atoms with Gasteiger partial charge in [-0.3, -0.25) is 9.59 Å². The van der Waals surface area contributed by atoms with Crippen LogP contribution >= 0.6 is 0 Å². The van der Waals surface area contributed by atoms with Crippen LogP contribution in [0.1, 0.15) is 43.5 Å². The van der Waals surface area contributed by atoms with E-state index in [0.717, 1.165) is 0 Å². The molecule has 1 aliphatic rings. The van der Waals surface area contributed by atoms with Crippen molar-refractivity contribution in [3.8, 4) is 5.75 Å². The van der Waals surface area contributed by atoms with Crippen molar-refractivity contribution < 1.29 is 39.1 Å². The normalized spacial score (nSPS) is 26.0. The highest BCUT2D eigenvalue weighted by Crippen LogP contribution is 2.23. The molecule has 1 amide bonds. The predicted octanol–water partition coefficient (Wildman–Crippen LogP) is 0.645. The SMILES string of the molecule is COc1ccc(C(=O)NC2[C@H](OCCCCC(=O)C(C)C)OC(CO)[C@@H](O)[C@@H]2O)cc1. The van der Waals surface area contributed by atoms with Gasteiger partial charge in [0.05, 0.1) is 13.7 Å². The molecule has 1 saturated heterocycles. The number of benzene rings is 1. The van der Waals surface area contributed by atoms with E-state index in [9.17, 15) is 24.9 Å². The topological polar surface area (TPSA) is 135 Å². The smallest absolute Gasteiger partial charge is 0.251 e. The van der Waals surface area contributed by atoms with Crippen molar-refractivity contribution in [3.05, 3.63) is 29.8 Å². The summed E-state index contributed by atoms with van der Waals surface area (Å²) >= 11 is 0. The summed E-state index contributed by atoms with van der Waals surface area (Å²) < 4.78 is 16.4. The quantitative estimate of drug-likeness (QED) is 0.369. The Bertz CT molecular complexity index is 708. The van der Waals surface area contributed by atoms with Gasteiger partial charge in [-0.15, -0.1) is 0 Å². The highest BCUT2D eigenvalue weighted by molar-refractivity contribution is 5.94. The van der Waals surface area contributed by atoms with Crippen molar-refractivity contribution in [2.24, 2.45) is 5.92 Å². The maximum absolute atomic E-state index is 12.6. The number of methoxy groups -OCH3 is 1. The minimum absolute atomic E-state index is 0.0120. The molecule has 1 heterocycles. The molecule has 2 unspecified atom stereocenters. The number of hydrogen-bond donors (Lipinski definition) is 4. The van der Waals surface area contributed by atoms with E-state index in [1.165, 1.54) is 7.11 Å². The predicted molar refractivity (Wildman–Crippen MR) is 112 cm³/mol. The molecule has 1 fully saturated rings. The van der Waals surface area contributed by atoms with Crippen LogP contribution in [-0.2, 0) is 14.3 Å². The number of Topliss-reactive ketones (excluding diaryl/α,β-unsaturated/α-hetero) is 1. The number of carbonyl (C=O) groups is 2. The van der Waals surface area contributed by atoms with Crippen LogP contribution in [0.5, 0.6) is 5.75 Å². The van der Waals surface area contributed by atoms with Gasteiger partial charge in [-0.2, -0.15) is 0 Å². The van der Waals surface area contributed by atoms with Gasteiger partial charge in [-0.25, -0.2) is 0 Å². The molecule has 5 atom stereocenters. The Balaban J connectivity index is 1.99. The number of rotatable bonds is 11. The Morgan fingerprint density at radius 3 is 2.39 bits per heavy atom. The first-order chi connectivity index (χ1) is 14.8. The molecule has 0 radical (unpaired) electrons. The van der Waals surface area contributed by atoms with Crippen molar-refractivity contribution in [1.82, 2.24) is 5.32 Å². The van der Waals surface area contributed by atoms with Crippen LogP contribution in [0.4, 0.5) is 0 Å². The van der Waals surface area contributed by atoms with E-state index in [1.54, 1.807) is 24.3 Å². The first kappa shape index (κ1) is 25.2. The van der Waals surface area contributed by atoms with Crippen molar-refractivity contribution >= 4 is 11.7 Å². The molecule has 1 aliphatic heterocycles. The van der Waals surface area contributed by atoms with Crippen molar-refractivity contribution in [3.63, 3.8) is 0 Å². The number of unbranched alkanes of at least 4 members (excludes halogenated alkanes) is 1. The summed E-state index contributed by atoms with van der Waals surface area (Å²) in [6, 6.07) is 5.35. The Labute approximate surface area is 182 Å². The number of ether oxygens (including phenoxy) is 3. The van der Waals surface area contributed by atoms with E-state index in [2.05, 4.69) is 5.32 Å². The highest BCUT2D eigenvalue weighted by atomic mass is 16.7. The van der Waals surface area contributed by atoms with Gasteiger partial charge < -0.3 is 34.8 Å². The first-order valence-corrected chi connectivity index (χ1v) is 10.5. The van der Waals surface area contributed by atoms with E-state index < -0.39 is 43.2 Å². The van der Waals surface area contributed by atoms with Crippen molar-refractivity contribution in [2.45, 2.75) is 63.8 Å². The van der Waals surface area contributed by atoms with Gasteiger partial charge in [0, 0.05) is 24.5 Å². The Morgan fingerprint density at radius 1 is 1.13 bits per heavy atom. The van der Waals surface area contributed by atoms with Gasteiger partial charge in [-0.1, -0.05) is 13.8 Å². The molecule has 2 rings (SSSR count).